The van der Waals surface area contributed by atoms with E-state index >= 15 is 0 Å². The van der Waals surface area contributed by atoms with Gasteiger partial charge in [-0.25, -0.2) is 17.4 Å². The van der Waals surface area contributed by atoms with Gasteiger partial charge in [0.25, 0.3) is 10.0 Å². The molecule has 0 saturated carbocycles. The average Bonchev–Trinajstić information content (AvgIpc) is 3.64. The largest absolute Gasteiger partial charge is 0.366 e. The van der Waals surface area contributed by atoms with Crippen LogP contribution in [0.25, 0.3) is 44.2 Å². The number of piperidine rings is 1. The van der Waals surface area contributed by atoms with Crippen molar-refractivity contribution in [3.05, 3.63) is 102 Å². The molecule has 1 fully saturated rings. The van der Waals surface area contributed by atoms with Gasteiger partial charge in [-0.1, -0.05) is 29.8 Å². The number of amides is 1. The molecule has 0 radical (unpaired) electrons. The van der Waals surface area contributed by atoms with Crippen molar-refractivity contribution in [1.29, 1.82) is 0 Å². The molecule has 7 rings (SSSR count). The lowest BCUT2D eigenvalue weighted by Crippen LogP contribution is -2.32. The second kappa shape index (κ2) is 11.8. The highest BCUT2D eigenvalue weighted by atomic mass is 32.2. The Hall–Kier alpha value is -4.80. The van der Waals surface area contributed by atoms with Crippen molar-refractivity contribution in [2.24, 2.45) is 11.7 Å². The van der Waals surface area contributed by atoms with Crippen LogP contribution in [0.5, 0.6) is 0 Å². The predicted octanol–water partition coefficient (Wildman–Crippen LogP) is 6.32. The zero-order valence-corrected chi connectivity index (χ0v) is 27.9. The second-order valence-corrected chi connectivity index (χ2v) is 14.7. The van der Waals surface area contributed by atoms with Crippen LogP contribution in [-0.4, -0.2) is 58.1 Å². The molecule has 0 spiro atoms. The quantitative estimate of drug-likeness (QED) is 0.217. The third kappa shape index (κ3) is 5.51. The van der Waals surface area contributed by atoms with E-state index in [9.17, 15) is 13.2 Å². The first-order valence-electron chi connectivity index (χ1n) is 15.9. The molecule has 240 valence electrons. The Morgan fingerprint density at radius 3 is 2.36 bits per heavy atom. The molecular weight excluding hydrogens is 609 g/mol. The van der Waals surface area contributed by atoms with E-state index in [1.54, 1.807) is 42.7 Å². The summed E-state index contributed by atoms with van der Waals surface area (Å²) >= 11 is 0. The SMILES string of the molecule is Cc1ccc(S(=O)(=O)n2cc(-c3ccc(C(N)=O)c(C)c3C)c3cc(-c4ccc5c(cnn5CC5CCN(C)CC5)c4)cnc32)cc1. The molecule has 1 saturated heterocycles. The monoisotopic (exact) mass is 646 g/mol. The summed E-state index contributed by atoms with van der Waals surface area (Å²) in [6.07, 6.45) is 7.63. The summed E-state index contributed by atoms with van der Waals surface area (Å²) in [5.74, 6) is 0.110. The van der Waals surface area contributed by atoms with Crippen LogP contribution in [0, 0.1) is 26.7 Å². The lowest BCUT2D eigenvalue weighted by molar-refractivity contribution is 0.0999. The van der Waals surface area contributed by atoms with Crippen molar-refractivity contribution < 1.29 is 13.2 Å². The number of hydrogen-bond donors (Lipinski definition) is 1. The van der Waals surface area contributed by atoms with Crippen molar-refractivity contribution in [1.82, 2.24) is 23.6 Å². The topological polar surface area (TPSA) is 116 Å². The summed E-state index contributed by atoms with van der Waals surface area (Å²) in [6, 6.07) is 18.6. The average molecular weight is 647 g/mol. The van der Waals surface area contributed by atoms with E-state index in [0.717, 1.165) is 63.9 Å². The number of carbonyl (C=O) groups excluding carboxylic acids is 1. The number of likely N-dealkylation sites (tertiary alicyclic amines) is 1. The highest BCUT2D eigenvalue weighted by molar-refractivity contribution is 7.90. The predicted molar refractivity (Wildman–Crippen MR) is 186 cm³/mol. The molecule has 2 N–H and O–H groups in total. The molecule has 6 aromatic rings. The maximum Gasteiger partial charge on any atom is 0.269 e. The fourth-order valence-electron chi connectivity index (χ4n) is 6.74. The number of pyridine rings is 1. The van der Waals surface area contributed by atoms with E-state index in [0.29, 0.717) is 28.1 Å². The number of primary amides is 1. The lowest BCUT2D eigenvalue weighted by atomic mass is 9.93. The number of fused-ring (bicyclic) bond motifs is 2. The molecule has 0 bridgehead atoms. The molecule has 0 unspecified atom stereocenters. The van der Waals surface area contributed by atoms with E-state index in [1.165, 1.54) is 16.8 Å². The van der Waals surface area contributed by atoms with Gasteiger partial charge >= 0.3 is 0 Å². The Balaban J connectivity index is 1.34. The number of nitrogens with zero attached hydrogens (tertiary/aromatic N) is 5. The van der Waals surface area contributed by atoms with Gasteiger partial charge < -0.3 is 10.6 Å². The van der Waals surface area contributed by atoms with Crippen LogP contribution in [-0.2, 0) is 16.6 Å². The zero-order valence-electron chi connectivity index (χ0n) is 27.1. The summed E-state index contributed by atoms with van der Waals surface area (Å²) < 4.78 is 31.4. The second-order valence-electron chi connectivity index (χ2n) is 12.9. The number of rotatable bonds is 7. The summed E-state index contributed by atoms with van der Waals surface area (Å²) in [7, 11) is -1.79. The van der Waals surface area contributed by atoms with Gasteiger partial charge in [0, 0.05) is 46.4 Å². The first-order chi connectivity index (χ1) is 22.5. The molecule has 3 aromatic heterocycles. The Kier molecular flexibility index (Phi) is 7.72. The molecular formula is C37H38N6O3S. The van der Waals surface area contributed by atoms with Gasteiger partial charge in [-0.3, -0.25) is 9.48 Å². The van der Waals surface area contributed by atoms with Crippen LogP contribution >= 0.6 is 0 Å². The third-order valence-electron chi connectivity index (χ3n) is 9.78. The Morgan fingerprint density at radius 2 is 1.64 bits per heavy atom. The Morgan fingerprint density at radius 1 is 0.894 bits per heavy atom. The van der Waals surface area contributed by atoms with Crippen molar-refractivity contribution in [3.63, 3.8) is 0 Å². The fourth-order valence-corrected chi connectivity index (χ4v) is 8.06. The normalized spacial score (nSPS) is 14.7. The maximum absolute atomic E-state index is 14.0. The van der Waals surface area contributed by atoms with Gasteiger partial charge in [0.15, 0.2) is 5.65 Å². The van der Waals surface area contributed by atoms with Gasteiger partial charge in [0.1, 0.15) is 0 Å². The summed E-state index contributed by atoms with van der Waals surface area (Å²) in [5.41, 5.74) is 13.4. The molecule has 3 aromatic carbocycles. The van der Waals surface area contributed by atoms with Crippen molar-refractivity contribution in [3.8, 4) is 22.3 Å². The van der Waals surface area contributed by atoms with Crippen LogP contribution in [0.3, 0.4) is 0 Å². The number of aryl methyl sites for hydroxylation is 1. The molecule has 1 aliphatic rings. The fraction of sp³-hybridized carbons (Fsp3) is 0.270. The van der Waals surface area contributed by atoms with Crippen molar-refractivity contribution >= 4 is 37.9 Å². The molecule has 10 heteroatoms. The summed E-state index contributed by atoms with van der Waals surface area (Å²) in [4.78, 5) is 19.4. The van der Waals surface area contributed by atoms with Crippen LogP contribution < -0.4 is 5.73 Å². The minimum atomic E-state index is -3.97. The molecule has 1 aliphatic heterocycles. The minimum absolute atomic E-state index is 0.178. The van der Waals surface area contributed by atoms with E-state index in [4.69, 9.17) is 15.8 Å². The summed E-state index contributed by atoms with van der Waals surface area (Å²) in [6.45, 7) is 8.84. The zero-order chi connectivity index (χ0) is 33.0. The maximum atomic E-state index is 14.0. The minimum Gasteiger partial charge on any atom is -0.366 e. The molecule has 9 nitrogen and oxygen atoms in total. The Labute approximate surface area is 274 Å². The van der Waals surface area contributed by atoms with E-state index in [1.807, 2.05) is 39.1 Å². The van der Waals surface area contributed by atoms with Crippen molar-refractivity contribution in [2.45, 2.75) is 45.1 Å². The molecule has 0 atom stereocenters. The van der Waals surface area contributed by atoms with Gasteiger partial charge in [-0.05, 0) is 118 Å². The van der Waals surface area contributed by atoms with Gasteiger partial charge in [-0.2, -0.15) is 5.10 Å². The third-order valence-corrected chi connectivity index (χ3v) is 11.4. The van der Waals surface area contributed by atoms with Gasteiger partial charge in [0.2, 0.25) is 5.91 Å². The van der Waals surface area contributed by atoms with Crippen LogP contribution in [0.4, 0.5) is 0 Å². The number of hydrogen-bond acceptors (Lipinski definition) is 6. The van der Waals surface area contributed by atoms with Crippen LogP contribution in [0.1, 0.15) is 39.9 Å². The number of carbonyl (C=O) groups is 1. The number of benzene rings is 3. The van der Waals surface area contributed by atoms with Crippen LogP contribution in [0.2, 0.25) is 0 Å². The van der Waals surface area contributed by atoms with Crippen molar-refractivity contribution in [2.75, 3.05) is 20.1 Å². The van der Waals surface area contributed by atoms with E-state index < -0.39 is 15.9 Å². The number of nitrogens with two attached hydrogens (primary N) is 1. The molecule has 47 heavy (non-hydrogen) atoms. The summed E-state index contributed by atoms with van der Waals surface area (Å²) in [5, 5.41) is 6.46. The van der Waals surface area contributed by atoms with E-state index in [-0.39, 0.29) is 4.90 Å². The standard InChI is InChI=1S/C37H38N6O3S/c1-23-5-8-30(9-6-23)47(45,46)43-22-34(31-10-11-32(36(38)44)25(3)24(31)2)33-18-28(19-39-37(33)43)27-7-12-35-29(17-27)20-40-42(35)21-26-13-15-41(4)16-14-26/h5-12,17-20,22,26H,13-16,21H2,1-4H3,(H2,38,44). The first-order valence-corrected chi connectivity index (χ1v) is 17.3. The smallest absolute Gasteiger partial charge is 0.269 e. The van der Waals surface area contributed by atoms with Gasteiger partial charge in [-0.15, -0.1) is 0 Å². The Bertz CT molecular complexity index is 2280. The number of aromatic nitrogens is 4. The molecule has 0 aliphatic carbocycles. The van der Waals surface area contributed by atoms with Gasteiger partial charge in [0.05, 0.1) is 16.6 Å². The van der Waals surface area contributed by atoms with E-state index in [2.05, 4.69) is 34.8 Å². The van der Waals surface area contributed by atoms with Crippen LogP contribution in [0.15, 0.2) is 84.1 Å². The molecule has 4 heterocycles. The highest BCUT2D eigenvalue weighted by Gasteiger charge is 2.25. The highest BCUT2D eigenvalue weighted by Crippen LogP contribution is 2.38. The first kappa shape index (κ1) is 30.8. The lowest BCUT2D eigenvalue weighted by Gasteiger charge is -2.28. The molecule has 1 amide bonds.